The van der Waals surface area contributed by atoms with Gasteiger partial charge in [0.05, 0.1) is 14.2 Å². The van der Waals surface area contributed by atoms with Crippen LogP contribution in [0.2, 0.25) is 0 Å². The number of nitrogens with two attached hydrogens (primary N) is 1. The van der Waals surface area contributed by atoms with Crippen molar-refractivity contribution < 1.29 is 23.4 Å². The van der Waals surface area contributed by atoms with Crippen molar-refractivity contribution in [2.45, 2.75) is 20.5 Å². The Morgan fingerprint density at radius 3 is 2.41 bits per heavy atom. The van der Waals surface area contributed by atoms with Gasteiger partial charge in [-0.2, -0.15) is 0 Å². The molecular weight excluding hydrogens is 393 g/mol. The van der Waals surface area contributed by atoms with E-state index in [0.717, 1.165) is 5.56 Å². The number of hydrogen-bond acceptors (Lipinski definition) is 6. The molecule has 154 valence electrons. The predicted octanol–water partition coefficient (Wildman–Crippen LogP) is 5.54. The van der Waals surface area contributed by atoms with Gasteiger partial charge in [-0.15, -0.1) is 11.3 Å². The van der Waals surface area contributed by atoms with Crippen LogP contribution in [-0.4, -0.2) is 20.2 Å². The highest BCUT2D eigenvalue weighted by molar-refractivity contribution is 7.14. The fourth-order valence-electron chi connectivity index (χ4n) is 2.63. The molecule has 2 N–H and O–H groups in total. The first kappa shape index (κ1) is 22.2. The molecule has 0 atom stereocenters. The standard InChI is InChI=1S/C20H18FNO4S.C2H6/c1-24-16-8-7-12(9-17(16)25-2)14-11-27-19(22)18(14)20(23)26-10-13-5-3-4-6-15(13)21;1-2/h3-9,11H,10,22H2,1-2H3;1-2H3. The van der Waals surface area contributed by atoms with Gasteiger partial charge in [-0.3, -0.25) is 0 Å². The highest BCUT2D eigenvalue weighted by Gasteiger charge is 2.21. The molecule has 0 aliphatic heterocycles. The SMILES string of the molecule is CC.COc1ccc(-c2csc(N)c2C(=O)OCc2ccccc2F)cc1OC. The maximum absolute atomic E-state index is 13.7. The van der Waals surface area contributed by atoms with Gasteiger partial charge < -0.3 is 19.9 Å². The summed E-state index contributed by atoms with van der Waals surface area (Å²) >= 11 is 1.23. The van der Waals surface area contributed by atoms with Gasteiger partial charge in [-0.1, -0.05) is 38.1 Å². The normalized spacial score (nSPS) is 9.97. The van der Waals surface area contributed by atoms with Gasteiger partial charge in [0, 0.05) is 16.5 Å². The predicted molar refractivity (Wildman–Crippen MR) is 114 cm³/mol. The van der Waals surface area contributed by atoms with Gasteiger partial charge in [0.25, 0.3) is 0 Å². The Morgan fingerprint density at radius 2 is 1.76 bits per heavy atom. The Hall–Kier alpha value is -3.06. The average Bonchev–Trinajstić information content (AvgIpc) is 3.15. The van der Waals surface area contributed by atoms with E-state index in [1.807, 2.05) is 13.8 Å². The summed E-state index contributed by atoms with van der Waals surface area (Å²) < 4.78 is 29.6. The second-order valence-corrected chi connectivity index (χ2v) is 6.54. The molecule has 1 heterocycles. The molecule has 0 bridgehead atoms. The minimum absolute atomic E-state index is 0.174. The number of benzene rings is 2. The largest absolute Gasteiger partial charge is 0.493 e. The highest BCUT2D eigenvalue weighted by Crippen LogP contribution is 2.38. The summed E-state index contributed by atoms with van der Waals surface area (Å²) in [6.45, 7) is 3.83. The lowest BCUT2D eigenvalue weighted by molar-refractivity contribution is 0.0471. The van der Waals surface area contributed by atoms with Crippen LogP contribution in [0.3, 0.4) is 0 Å². The van der Waals surface area contributed by atoms with Gasteiger partial charge in [0.2, 0.25) is 0 Å². The quantitative estimate of drug-likeness (QED) is 0.534. The summed E-state index contributed by atoms with van der Waals surface area (Å²) in [5.41, 5.74) is 7.90. The van der Waals surface area contributed by atoms with Crippen LogP contribution in [0.4, 0.5) is 9.39 Å². The van der Waals surface area contributed by atoms with Crippen LogP contribution in [0.15, 0.2) is 47.8 Å². The smallest absolute Gasteiger partial charge is 0.342 e. The Morgan fingerprint density at radius 1 is 1.07 bits per heavy atom. The number of halogens is 1. The lowest BCUT2D eigenvalue weighted by Crippen LogP contribution is -2.08. The maximum atomic E-state index is 13.7. The van der Waals surface area contributed by atoms with E-state index in [0.29, 0.717) is 27.6 Å². The van der Waals surface area contributed by atoms with Gasteiger partial charge in [0.1, 0.15) is 23.0 Å². The van der Waals surface area contributed by atoms with Gasteiger partial charge >= 0.3 is 5.97 Å². The Labute approximate surface area is 173 Å². The molecule has 2 aromatic carbocycles. The minimum Gasteiger partial charge on any atom is -0.493 e. The first-order valence-corrected chi connectivity index (χ1v) is 9.93. The van der Waals surface area contributed by atoms with E-state index in [9.17, 15) is 9.18 Å². The van der Waals surface area contributed by atoms with Crippen molar-refractivity contribution in [1.82, 2.24) is 0 Å². The molecule has 5 nitrogen and oxygen atoms in total. The van der Waals surface area contributed by atoms with E-state index in [1.165, 1.54) is 24.5 Å². The molecule has 0 unspecified atom stereocenters. The number of esters is 1. The molecule has 0 saturated heterocycles. The number of rotatable bonds is 6. The molecular formula is C22H24FNO4S. The molecule has 0 spiro atoms. The topological polar surface area (TPSA) is 70.8 Å². The number of nitrogen functional groups attached to an aromatic ring is 1. The fraction of sp³-hybridized carbons (Fsp3) is 0.227. The molecule has 0 fully saturated rings. The second-order valence-electron chi connectivity index (χ2n) is 5.63. The third-order valence-electron chi connectivity index (χ3n) is 4.03. The first-order valence-electron chi connectivity index (χ1n) is 9.05. The monoisotopic (exact) mass is 417 g/mol. The van der Waals surface area contributed by atoms with Crippen molar-refractivity contribution in [2.24, 2.45) is 0 Å². The fourth-order valence-corrected chi connectivity index (χ4v) is 3.44. The second kappa shape index (κ2) is 10.5. The number of ether oxygens (including phenoxy) is 3. The van der Waals surface area contributed by atoms with Crippen molar-refractivity contribution in [3.05, 3.63) is 64.8 Å². The molecule has 0 amide bonds. The zero-order chi connectivity index (χ0) is 21.4. The van der Waals surface area contributed by atoms with Gasteiger partial charge in [-0.25, -0.2) is 9.18 Å². The summed E-state index contributed by atoms with van der Waals surface area (Å²) in [6, 6.07) is 11.4. The molecule has 0 saturated carbocycles. The van der Waals surface area contributed by atoms with E-state index in [2.05, 4.69) is 0 Å². The number of hydrogen-bond donors (Lipinski definition) is 1. The van der Waals surface area contributed by atoms with Crippen LogP contribution in [0.5, 0.6) is 11.5 Å². The summed E-state index contributed by atoms with van der Waals surface area (Å²) in [6.07, 6.45) is 0. The third kappa shape index (κ3) is 5.06. The van der Waals surface area contributed by atoms with Gasteiger partial charge in [-0.05, 0) is 23.8 Å². The lowest BCUT2D eigenvalue weighted by Gasteiger charge is -2.11. The van der Waals surface area contributed by atoms with Crippen LogP contribution in [0, 0.1) is 5.82 Å². The van der Waals surface area contributed by atoms with Crippen molar-refractivity contribution >= 4 is 22.3 Å². The van der Waals surface area contributed by atoms with E-state index >= 15 is 0 Å². The van der Waals surface area contributed by atoms with Crippen molar-refractivity contribution in [2.75, 3.05) is 20.0 Å². The Bertz CT molecular complexity index is 971. The van der Waals surface area contributed by atoms with Crippen LogP contribution in [-0.2, 0) is 11.3 Å². The molecule has 3 rings (SSSR count). The number of anilines is 1. The summed E-state index contributed by atoms with van der Waals surface area (Å²) in [7, 11) is 3.08. The van der Waals surface area contributed by atoms with Crippen LogP contribution in [0.1, 0.15) is 29.8 Å². The van der Waals surface area contributed by atoms with Crippen LogP contribution in [0.25, 0.3) is 11.1 Å². The first-order chi connectivity index (χ1) is 14.0. The summed E-state index contributed by atoms with van der Waals surface area (Å²) in [5, 5.41) is 2.11. The Balaban J connectivity index is 0.00000145. The lowest BCUT2D eigenvalue weighted by atomic mass is 10.0. The summed E-state index contributed by atoms with van der Waals surface area (Å²) in [5.74, 6) is 0.0732. The number of thiophene rings is 1. The molecule has 29 heavy (non-hydrogen) atoms. The molecule has 7 heteroatoms. The Kier molecular flexibility index (Phi) is 8.03. The molecule has 3 aromatic rings. The molecule has 1 aromatic heterocycles. The van der Waals surface area contributed by atoms with E-state index in [1.54, 1.807) is 48.9 Å². The molecule has 0 radical (unpaired) electrons. The maximum Gasteiger partial charge on any atom is 0.342 e. The number of methoxy groups -OCH3 is 2. The number of carbonyl (C=O) groups is 1. The molecule has 0 aliphatic rings. The average molecular weight is 418 g/mol. The minimum atomic E-state index is -0.609. The third-order valence-corrected chi connectivity index (χ3v) is 4.85. The molecule has 0 aliphatic carbocycles. The van der Waals surface area contributed by atoms with E-state index < -0.39 is 11.8 Å². The van der Waals surface area contributed by atoms with Crippen molar-refractivity contribution in [1.29, 1.82) is 0 Å². The van der Waals surface area contributed by atoms with E-state index in [4.69, 9.17) is 19.9 Å². The van der Waals surface area contributed by atoms with E-state index in [-0.39, 0.29) is 12.2 Å². The number of carbonyl (C=O) groups excluding carboxylic acids is 1. The van der Waals surface area contributed by atoms with Crippen molar-refractivity contribution in [3.8, 4) is 22.6 Å². The van der Waals surface area contributed by atoms with Crippen LogP contribution >= 0.6 is 11.3 Å². The van der Waals surface area contributed by atoms with Crippen molar-refractivity contribution in [3.63, 3.8) is 0 Å². The van der Waals surface area contributed by atoms with Gasteiger partial charge in [0.15, 0.2) is 11.5 Å². The zero-order valence-electron chi connectivity index (χ0n) is 16.8. The highest BCUT2D eigenvalue weighted by atomic mass is 32.1. The summed E-state index contributed by atoms with van der Waals surface area (Å²) in [4.78, 5) is 12.6. The van der Waals surface area contributed by atoms with Crippen LogP contribution < -0.4 is 15.2 Å². The zero-order valence-corrected chi connectivity index (χ0v) is 17.6.